The van der Waals surface area contributed by atoms with Gasteiger partial charge in [0.1, 0.15) is 0 Å². The first-order valence-electron chi connectivity index (χ1n) is 9.43. The number of aliphatic hydroxyl groups excluding tert-OH is 1. The smallest absolute Gasteiger partial charge is 0.191 e. The molecule has 0 aromatic rings. The Morgan fingerprint density at radius 2 is 2.04 bits per heavy atom. The Bertz CT molecular complexity index is 380. The lowest BCUT2D eigenvalue weighted by Crippen LogP contribution is -2.66. The van der Waals surface area contributed by atoms with Gasteiger partial charge in [-0.15, -0.1) is 0 Å². The first kappa shape index (κ1) is 18.5. The molecule has 0 aliphatic heterocycles. The van der Waals surface area contributed by atoms with Crippen molar-refractivity contribution in [2.45, 2.75) is 71.4 Å². The molecule has 5 heteroatoms. The second-order valence-corrected chi connectivity index (χ2v) is 7.18. The van der Waals surface area contributed by atoms with Gasteiger partial charge in [0.2, 0.25) is 0 Å². The molecule has 2 aliphatic rings. The summed E-state index contributed by atoms with van der Waals surface area (Å²) in [4.78, 5) is 4.65. The largest absolute Gasteiger partial charge is 0.396 e. The van der Waals surface area contributed by atoms with Crippen molar-refractivity contribution in [3.05, 3.63) is 0 Å². The van der Waals surface area contributed by atoms with E-state index >= 15 is 0 Å². The fourth-order valence-electron chi connectivity index (χ4n) is 4.06. The molecule has 0 aromatic carbocycles. The molecule has 0 radical (unpaired) electrons. The number of aliphatic hydroxyl groups is 1. The molecule has 5 nitrogen and oxygen atoms in total. The molecule has 23 heavy (non-hydrogen) atoms. The Balaban J connectivity index is 2.00. The monoisotopic (exact) mass is 325 g/mol. The quantitative estimate of drug-likeness (QED) is 0.496. The van der Waals surface area contributed by atoms with E-state index in [0.717, 1.165) is 25.5 Å². The van der Waals surface area contributed by atoms with Crippen LogP contribution in [0, 0.1) is 11.3 Å². The average molecular weight is 325 g/mol. The minimum Gasteiger partial charge on any atom is -0.396 e. The highest BCUT2D eigenvalue weighted by Gasteiger charge is 2.55. The maximum Gasteiger partial charge on any atom is 0.191 e. The number of rotatable bonds is 7. The number of aliphatic imine (C=N–C) groups is 1. The predicted octanol–water partition coefficient (Wildman–Crippen LogP) is 2.30. The lowest BCUT2D eigenvalue weighted by atomic mass is 9.55. The van der Waals surface area contributed by atoms with E-state index in [-0.39, 0.29) is 12.5 Å². The van der Waals surface area contributed by atoms with E-state index in [2.05, 4.69) is 29.5 Å². The molecule has 2 fully saturated rings. The van der Waals surface area contributed by atoms with Crippen molar-refractivity contribution >= 4 is 5.96 Å². The van der Waals surface area contributed by atoms with Crippen LogP contribution in [0.3, 0.4) is 0 Å². The van der Waals surface area contributed by atoms with Crippen molar-refractivity contribution in [1.82, 2.24) is 10.6 Å². The zero-order chi connectivity index (χ0) is 16.7. The number of nitrogens with zero attached hydrogens (tertiary/aromatic N) is 1. The molecule has 1 spiro atoms. The van der Waals surface area contributed by atoms with Gasteiger partial charge >= 0.3 is 0 Å². The predicted molar refractivity (Wildman–Crippen MR) is 94.7 cm³/mol. The van der Waals surface area contributed by atoms with Gasteiger partial charge < -0.3 is 20.5 Å². The van der Waals surface area contributed by atoms with Crippen molar-refractivity contribution in [1.29, 1.82) is 0 Å². The second-order valence-electron chi connectivity index (χ2n) is 7.18. The van der Waals surface area contributed by atoms with Crippen LogP contribution >= 0.6 is 0 Å². The van der Waals surface area contributed by atoms with Gasteiger partial charge in [-0.3, -0.25) is 4.99 Å². The Kier molecular flexibility index (Phi) is 7.15. The maximum atomic E-state index is 9.18. The Morgan fingerprint density at radius 1 is 1.30 bits per heavy atom. The first-order valence-corrected chi connectivity index (χ1v) is 9.43. The van der Waals surface area contributed by atoms with Gasteiger partial charge in [-0.05, 0) is 39.0 Å². The molecule has 2 saturated carbocycles. The van der Waals surface area contributed by atoms with E-state index < -0.39 is 0 Å². The lowest BCUT2D eigenvalue weighted by Gasteiger charge is -2.58. The number of guanidine groups is 1. The van der Waals surface area contributed by atoms with Crippen LogP contribution in [0.5, 0.6) is 0 Å². The number of ether oxygens (including phenoxy) is 1. The van der Waals surface area contributed by atoms with Gasteiger partial charge in [-0.25, -0.2) is 0 Å². The van der Waals surface area contributed by atoms with Crippen LogP contribution in [0.15, 0.2) is 4.99 Å². The number of hydrogen-bond acceptors (Lipinski definition) is 3. The Labute approximate surface area is 141 Å². The summed E-state index contributed by atoms with van der Waals surface area (Å²) in [5.41, 5.74) is 0.299. The van der Waals surface area contributed by atoms with Crippen LogP contribution in [0.2, 0.25) is 0 Å². The van der Waals surface area contributed by atoms with Crippen LogP contribution in [-0.2, 0) is 4.74 Å². The lowest BCUT2D eigenvalue weighted by molar-refractivity contribution is -0.145. The van der Waals surface area contributed by atoms with E-state index in [1.54, 1.807) is 0 Å². The molecular formula is C18H35N3O2. The maximum absolute atomic E-state index is 9.18. The number of nitrogens with one attached hydrogen (secondary N) is 2. The highest BCUT2D eigenvalue weighted by Crippen LogP contribution is 2.53. The molecule has 2 aliphatic carbocycles. The van der Waals surface area contributed by atoms with Gasteiger partial charge in [0, 0.05) is 37.8 Å². The first-order chi connectivity index (χ1) is 11.2. The van der Waals surface area contributed by atoms with Gasteiger partial charge in [0.15, 0.2) is 5.96 Å². The van der Waals surface area contributed by atoms with Crippen molar-refractivity contribution in [3.8, 4) is 0 Å². The molecule has 134 valence electrons. The SMILES string of the molecule is CCNC(=NCC(C)CO)NC1CC(OCC)C12CCCCC2. The van der Waals surface area contributed by atoms with Crippen LogP contribution in [0.4, 0.5) is 0 Å². The normalized spacial score (nSPS) is 28.3. The molecular weight excluding hydrogens is 290 g/mol. The van der Waals surface area contributed by atoms with Crippen LogP contribution < -0.4 is 10.6 Å². The van der Waals surface area contributed by atoms with Gasteiger partial charge in [-0.1, -0.05) is 26.2 Å². The summed E-state index contributed by atoms with van der Waals surface area (Å²) in [6, 6.07) is 0.460. The summed E-state index contributed by atoms with van der Waals surface area (Å²) in [6.45, 7) is 8.70. The fraction of sp³-hybridized carbons (Fsp3) is 0.944. The Hall–Kier alpha value is -0.810. The zero-order valence-corrected chi connectivity index (χ0v) is 15.1. The van der Waals surface area contributed by atoms with Crippen LogP contribution in [0.25, 0.3) is 0 Å². The average Bonchev–Trinajstić information content (AvgIpc) is 2.59. The fourth-order valence-corrected chi connectivity index (χ4v) is 4.06. The molecule has 3 N–H and O–H groups in total. The molecule has 3 unspecified atom stereocenters. The van der Waals surface area contributed by atoms with E-state index in [1.165, 1.54) is 32.1 Å². The van der Waals surface area contributed by atoms with E-state index in [4.69, 9.17) is 4.74 Å². The topological polar surface area (TPSA) is 65.9 Å². The van der Waals surface area contributed by atoms with E-state index in [0.29, 0.717) is 24.1 Å². The molecule has 0 amide bonds. The molecule has 0 bridgehead atoms. The third-order valence-electron chi connectivity index (χ3n) is 5.47. The third kappa shape index (κ3) is 4.38. The van der Waals surface area contributed by atoms with E-state index in [9.17, 15) is 5.11 Å². The van der Waals surface area contributed by atoms with Gasteiger partial charge in [0.25, 0.3) is 0 Å². The summed E-state index contributed by atoms with van der Waals surface area (Å²) in [7, 11) is 0. The molecule has 3 atom stereocenters. The standard InChI is InChI=1S/C18H35N3O2/c1-4-19-17(20-12-14(3)13-22)21-15-11-16(23-5-2)18(15)9-7-6-8-10-18/h14-16,22H,4-13H2,1-3H3,(H2,19,20,21). The van der Waals surface area contributed by atoms with Crippen molar-refractivity contribution in [2.24, 2.45) is 16.3 Å². The minimum absolute atomic E-state index is 0.183. The molecule has 0 heterocycles. The Morgan fingerprint density at radius 3 is 2.65 bits per heavy atom. The molecule has 2 rings (SSSR count). The van der Waals surface area contributed by atoms with Crippen molar-refractivity contribution in [2.75, 3.05) is 26.3 Å². The molecule has 0 saturated heterocycles. The summed E-state index contributed by atoms with van der Waals surface area (Å²) < 4.78 is 6.03. The van der Waals surface area contributed by atoms with Gasteiger partial charge in [-0.2, -0.15) is 0 Å². The minimum atomic E-state index is 0.183. The summed E-state index contributed by atoms with van der Waals surface area (Å²) in [5.74, 6) is 1.09. The second kappa shape index (κ2) is 8.88. The summed E-state index contributed by atoms with van der Waals surface area (Å²) >= 11 is 0. The van der Waals surface area contributed by atoms with Gasteiger partial charge in [0.05, 0.1) is 6.10 Å². The zero-order valence-electron chi connectivity index (χ0n) is 15.1. The van der Waals surface area contributed by atoms with Crippen LogP contribution in [0.1, 0.15) is 59.3 Å². The molecule has 0 aromatic heterocycles. The highest BCUT2D eigenvalue weighted by atomic mass is 16.5. The van der Waals surface area contributed by atoms with Crippen molar-refractivity contribution in [3.63, 3.8) is 0 Å². The van der Waals surface area contributed by atoms with Crippen LogP contribution in [-0.4, -0.2) is 49.5 Å². The summed E-state index contributed by atoms with van der Waals surface area (Å²) in [6.07, 6.45) is 8.01. The van der Waals surface area contributed by atoms with Crippen molar-refractivity contribution < 1.29 is 9.84 Å². The van der Waals surface area contributed by atoms with E-state index in [1.807, 2.05) is 6.92 Å². The number of hydrogen-bond donors (Lipinski definition) is 3. The highest BCUT2D eigenvalue weighted by molar-refractivity contribution is 5.80. The third-order valence-corrected chi connectivity index (χ3v) is 5.47. The summed E-state index contributed by atoms with van der Waals surface area (Å²) in [5, 5.41) is 16.2.